The van der Waals surface area contributed by atoms with E-state index in [0.717, 1.165) is 0 Å². The average Bonchev–Trinajstić information content (AvgIpc) is 2.93. The van der Waals surface area contributed by atoms with Crippen molar-refractivity contribution in [1.29, 1.82) is 0 Å². The maximum atomic E-state index is 12.3. The summed E-state index contributed by atoms with van der Waals surface area (Å²) in [6, 6.07) is 7.31. The molecule has 0 amide bonds. The van der Waals surface area contributed by atoms with Gasteiger partial charge < -0.3 is 23.9 Å². The van der Waals surface area contributed by atoms with Crippen LogP contribution >= 0.6 is 0 Å². The topological polar surface area (TPSA) is 86.9 Å². The highest BCUT2D eigenvalue weighted by molar-refractivity contribution is 5.98. The largest absolute Gasteiger partial charge is 0.486 e. The van der Waals surface area contributed by atoms with Crippen LogP contribution in [-0.4, -0.2) is 43.4 Å². The van der Waals surface area contributed by atoms with E-state index in [-0.39, 0.29) is 12.3 Å². The van der Waals surface area contributed by atoms with Gasteiger partial charge in [0.05, 0.1) is 12.7 Å². The number of rotatable bonds is 4. The normalized spacial score (nSPS) is 15.6. The lowest BCUT2D eigenvalue weighted by atomic mass is 10.1. The van der Waals surface area contributed by atoms with E-state index in [0.29, 0.717) is 34.9 Å². The molecule has 132 valence electrons. The predicted molar refractivity (Wildman–Crippen MR) is 88.2 cm³/mol. The van der Waals surface area contributed by atoms with Gasteiger partial charge in [-0.2, -0.15) is 0 Å². The molecule has 25 heavy (non-hydrogen) atoms. The average molecular weight is 345 g/mol. The number of hydrogen-bond acceptors (Lipinski definition) is 6. The molecule has 7 nitrogen and oxygen atoms in total. The van der Waals surface area contributed by atoms with Gasteiger partial charge in [0.15, 0.2) is 17.6 Å². The molecule has 1 aromatic heterocycles. The smallest absolute Gasteiger partial charge is 0.355 e. The zero-order valence-corrected chi connectivity index (χ0v) is 14.3. The molecular formula is C18H19NO6. The molecule has 1 unspecified atom stereocenters. The van der Waals surface area contributed by atoms with Crippen molar-refractivity contribution in [2.24, 2.45) is 0 Å². The number of aryl methyl sites for hydroxylation is 1. The summed E-state index contributed by atoms with van der Waals surface area (Å²) in [7, 11) is 1.30. The summed E-state index contributed by atoms with van der Waals surface area (Å²) in [5.74, 6) is 0.238. The standard InChI is InChI=1S/C18H19NO6/c1-10-15(17(20)22-3)11(2)19-16(10)18(21)24-9-12-8-23-13-6-4-5-7-14(13)25-12/h4-7,12,19H,8-9H2,1-3H3. The van der Waals surface area contributed by atoms with Crippen LogP contribution in [-0.2, 0) is 9.47 Å². The number of nitrogens with one attached hydrogen (secondary N) is 1. The first-order valence-electron chi connectivity index (χ1n) is 7.84. The molecule has 1 atom stereocenters. The summed E-state index contributed by atoms with van der Waals surface area (Å²) in [6.45, 7) is 3.70. The highest BCUT2D eigenvalue weighted by Crippen LogP contribution is 2.31. The van der Waals surface area contributed by atoms with Crippen molar-refractivity contribution in [1.82, 2.24) is 4.98 Å². The van der Waals surface area contributed by atoms with E-state index in [2.05, 4.69) is 4.98 Å². The number of carbonyl (C=O) groups is 2. The van der Waals surface area contributed by atoms with Crippen LogP contribution in [0.3, 0.4) is 0 Å². The SMILES string of the molecule is COC(=O)c1c(C)[nH]c(C(=O)OCC2COc3ccccc3O2)c1C. The highest BCUT2D eigenvalue weighted by atomic mass is 16.6. The Morgan fingerprint density at radius 1 is 1.20 bits per heavy atom. The van der Waals surface area contributed by atoms with Crippen molar-refractivity contribution in [3.8, 4) is 11.5 Å². The van der Waals surface area contributed by atoms with E-state index >= 15 is 0 Å². The van der Waals surface area contributed by atoms with Gasteiger partial charge in [-0.05, 0) is 31.5 Å². The van der Waals surface area contributed by atoms with Gasteiger partial charge in [-0.1, -0.05) is 12.1 Å². The lowest BCUT2D eigenvalue weighted by Crippen LogP contribution is -2.34. The Morgan fingerprint density at radius 3 is 2.64 bits per heavy atom. The van der Waals surface area contributed by atoms with Gasteiger partial charge in [0.2, 0.25) is 0 Å². The number of aromatic nitrogens is 1. The molecule has 1 aliphatic heterocycles. The van der Waals surface area contributed by atoms with Crippen molar-refractivity contribution < 1.29 is 28.5 Å². The fourth-order valence-electron chi connectivity index (χ4n) is 2.75. The van der Waals surface area contributed by atoms with E-state index in [9.17, 15) is 9.59 Å². The molecule has 1 N–H and O–H groups in total. The van der Waals surface area contributed by atoms with Gasteiger partial charge >= 0.3 is 11.9 Å². The number of para-hydroxylation sites is 2. The first kappa shape index (κ1) is 16.9. The summed E-state index contributed by atoms with van der Waals surface area (Å²) in [5.41, 5.74) is 1.64. The summed E-state index contributed by atoms with van der Waals surface area (Å²) in [4.78, 5) is 27.0. The van der Waals surface area contributed by atoms with Gasteiger partial charge in [0, 0.05) is 5.69 Å². The predicted octanol–water partition coefficient (Wildman–Crippen LogP) is 2.41. The minimum Gasteiger partial charge on any atom is -0.486 e. The summed E-state index contributed by atoms with van der Waals surface area (Å²) >= 11 is 0. The summed E-state index contributed by atoms with van der Waals surface area (Å²) < 4.78 is 21.4. The first-order valence-corrected chi connectivity index (χ1v) is 7.84. The van der Waals surface area contributed by atoms with Crippen LogP contribution in [0.25, 0.3) is 0 Å². The Labute approximate surface area is 144 Å². The Kier molecular flexibility index (Phi) is 4.65. The van der Waals surface area contributed by atoms with Gasteiger partial charge in [-0.3, -0.25) is 0 Å². The van der Waals surface area contributed by atoms with Gasteiger partial charge in [0.25, 0.3) is 0 Å². The fraction of sp³-hybridized carbons (Fsp3) is 0.333. The Balaban J connectivity index is 1.65. The van der Waals surface area contributed by atoms with Crippen LogP contribution in [0.4, 0.5) is 0 Å². The number of fused-ring (bicyclic) bond motifs is 1. The minimum atomic E-state index is -0.557. The van der Waals surface area contributed by atoms with E-state index in [1.807, 2.05) is 18.2 Å². The number of H-pyrrole nitrogens is 1. The molecular weight excluding hydrogens is 326 g/mol. The summed E-state index contributed by atoms with van der Waals surface area (Å²) in [6.07, 6.45) is -0.393. The van der Waals surface area contributed by atoms with Crippen molar-refractivity contribution in [3.05, 3.63) is 46.8 Å². The zero-order chi connectivity index (χ0) is 18.0. The number of hydrogen-bond donors (Lipinski definition) is 1. The van der Waals surface area contributed by atoms with Crippen molar-refractivity contribution in [3.63, 3.8) is 0 Å². The molecule has 7 heteroatoms. The molecule has 0 saturated carbocycles. The first-order chi connectivity index (χ1) is 12.0. The van der Waals surface area contributed by atoms with E-state index in [4.69, 9.17) is 18.9 Å². The number of methoxy groups -OCH3 is 1. The number of benzene rings is 1. The molecule has 2 aromatic rings. The molecule has 2 heterocycles. The monoisotopic (exact) mass is 345 g/mol. The van der Waals surface area contributed by atoms with Crippen LogP contribution in [0.5, 0.6) is 11.5 Å². The fourth-order valence-corrected chi connectivity index (χ4v) is 2.75. The van der Waals surface area contributed by atoms with Crippen molar-refractivity contribution >= 4 is 11.9 Å². The maximum absolute atomic E-state index is 12.3. The van der Waals surface area contributed by atoms with E-state index in [1.165, 1.54) is 7.11 Å². The van der Waals surface area contributed by atoms with Crippen LogP contribution < -0.4 is 9.47 Å². The van der Waals surface area contributed by atoms with Gasteiger partial charge in [0.1, 0.15) is 18.9 Å². The molecule has 0 radical (unpaired) electrons. The maximum Gasteiger partial charge on any atom is 0.355 e. The van der Waals surface area contributed by atoms with Crippen molar-refractivity contribution in [2.45, 2.75) is 20.0 Å². The van der Waals surface area contributed by atoms with E-state index < -0.39 is 18.0 Å². The Morgan fingerprint density at radius 2 is 1.92 bits per heavy atom. The van der Waals surface area contributed by atoms with Crippen LogP contribution in [0, 0.1) is 13.8 Å². The quantitative estimate of drug-likeness (QED) is 0.857. The highest BCUT2D eigenvalue weighted by Gasteiger charge is 2.26. The van der Waals surface area contributed by atoms with Crippen LogP contribution in [0.1, 0.15) is 32.1 Å². The summed E-state index contributed by atoms with van der Waals surface area (Å²) in [5, 5.41) is 0. The molecule has 0 saturated heterocycles. The zero-order valence-electron chi connectivity index (χ0n) is 14.3. The number of aromatic amines is 1. The van der Waals surface area contributed by atoms with Gasteiger partial charge in [-0.15, -0.1) is 0 Å². The minimum absolute atomic E-state index is 0.0399. The molecule has 0 bridgehead atoms. The third-order valence-corrected chi connectivity index (χ3v) is 4.00. The van der Waals surface area contributed by atoms with Gasteiger partial charge in [-0.25, -0.2) is 9.59 Å². The second-order valence-electron chi connectivity index (χ2n) is 5.71. The Hall–Kier alpha value is -2.96. The Bertz CT molecular complexity index is 810. The number of carbonyl (C=O) groups excluding carboxylic acids is 2. The molecule has 0 aliphatic carbocycles. The van der Waals surface area contributed by atoms with Crippen LogP contribution in [0.15, 0.2) is 24.3 Å². The van der Waals surface area contributed by atoms with Crippen LogP contribution in [0.2, 0.25) is 0 Å². The third-order valence-electron chi connectivity index (χ3n) is 4.00. The number of esters is 2. The second-order valence-corrected chi connectivity index (χ2v) is 5.71. The second kappa shape index (κ2) is 6.88. The van der Waals surface area contributed by atoms with Crippen molar-refractivity contribution in [2.75, 3.05) is 20.3 Å². The third kappa shape index (κ3) is 3.31. The molecule has 3 rings (SSSR count). The number of ether oxygens (including phenoxy) is 4. The molecule has 1 aromatic carbocycles. The van der Waals surface area contributed by atoms with E-state index in [1.54, 1.807) is 19.9 Å². The lowest BCUT2D eigenvalue weighted by Gasteiger charge is -2.25. The molecule has 1 aliphatic rings. The molecule has 0 spiro atoms. The molecule has 0 fully saturated rings. The lowest BCUT2D eigenvalue weighted by molar-refractivity contribution is 0.0105.